The van der Waals surface area contributed by atoms with Crippen LogP contribution in [0, 0.1) is 12.7 Å². The topological polar surface area (TPSA) is 77.8 Å². The molecule has 2 aliphatic heterocycles. The molecule has 2 aliphatic rings. The minimum Gasteiger partial charge on any atom is -0.469 e. The van der Waals surface area contributed by atoms with Crippen molar-refractivity contribution in [3.8, 4) is 0 Å². The van der Waals surface area contributed by atoms with Crippen molar-refractivity contribution in [3.63, 3.8) is 0 Å². The molecule has 1 unspecified atom stereocenters. The first kappa shape index (κ1) is 20.4. The average Bonchev–Trinajstić information content (AvgIpc) is 3.42. The van der Waals surface area contributed by atoms with Gasteiger partial charge in [0.05, 0.1) is 17.5 Å². The Morgan fingerprint density at radius 3 is 2.63 bits per heavy atom. The summed E-state index contributed by atoms with van der Waals surface area (Å²) < 4.78 is 19.3. The summed E-state index contributed by atoms with van der Waals surface area (Å²) >= 11 is 0. The van der Waals surface area contributed by atoms with Crippen LogP contribution < -0.4 is 10.6 Å². The maximum Gasteiger partial charge on any atom is 0.321 e. The van der Waals surface area contributed by atoms with E-state index in [9.17, 15) is 14.0 Å². The third-order valence-electron chi connectivity index (χ3n) is 5.91. The number of piperidine rings is 1. The number of hydrogen-bond donors (Lipinski definition) is 2. The number of carbonyl (C=O) groups is 2. The van der Waals surface area contributed by atoms with Gasteiger partial charge in [0, 0.05) is 24.8 Å². The molecule has 8 heteroatoms. The number of rotatable bonds is 4. The Balaban J connectivity index is 1.40. The van der Waals surface area contributed by atoms with Gasteiger partial charge in [-0.3, -0.25) is 9.69 Å². The summed E-state index contributed by atoms with van der Waals surface area (Å²) in [5.41, 5.74) is 0.779. The Labute approximate surface area is 175 Å². The van der Waals surface area contributed by atoms with Gasteiger partial charge in [0.2, 0.25) is 0 Å². The fourth-order valence-corrected chi connectivity index (χ4v) is 4.26. The van der Waals surface area contributed by atoms with Crippen molar-refractivity contribution >= 4 is 23.3 Å². The molecule has 7 nitrogen and oxygen atoms in total. The van der Waals surface area contributed by atoms with Gasteiger partial charge in [0.25, 0.3) is 5.91 Å². The van der Waals surface area contributed by atoms with Gasteiger partial charge < -0.3 is 20.0 Å². The van der Waals surface area contributed by atoms with Crippen LogP contribution in [0.15, 0.2) is 34.9 Å². The number of hydrogen-bond acceptors (Lipinski definition) is 4. The molecule has 0 bridgehead atoms. The molecule has 3 heterocycles. The molecule has 0 aliphatic carbocycles. The number of halogens is 1. The smallest absolute Gasteiger partial charge is 0.321 e. The van der Waals surface area contributed by atoms with Gasteiger partial charge >= 0.3 is 6.03 Å². The van der Waals surface area contributed by atoms with Gasteiger partial charge in [-0.05, 0) is 70.0 Å². The van der Waals surface area contributed by atoms with Crippen LogP contribution in [-0.2, 0) is 0 Å². The van der Waals surface area contributed by atoms with E-state index in [-0.39, 0.29) is 11.7 Å². The molecule has 0 spiro atoms. The lowest BCUT2D eigenvalue weighted by molar-refractivity contribution is 0.102. The zero-order valence-corrected chi connectivity index (χ0v) is 17.1. The predicted molar refractivity (Wildman–Crippen MR) is 112 cm³/mol. The summed E-state index contributed by atoms with van der Waals surface area (Å²) in [4.78, 5) is 29.4. The fourth-order valence-electron chi connectivity index (χ4n) is 4.26. The molecule has 2 saturated heterocycles. The zero-order valence-electron chi connectivity index (χ0n) is 17.1. The molecule has 1 aromatic carbocycles. The zero-order chi connectivity index (χ0) is 21.1. The van der Waals surface area contributed by atoms with Crippen LogP contribution in [-0.4, -0.2) is 54.0 Å². The highest BCUT2D eigenvalue weighted by Crippen LogP contribution is 2.24. The maximum absolute atomic E-state index is 14.2. The Bertz CT molecular complexity index is 923. The first-order chi connectivity index (χ1) is 14.5. The lowest BCUT2D eigenvalue weighted by Gasteiger charge is -2.37. The highest BCUT2D eigenvalue weighted by Gasteiger charge is 2.29. The Morgan fingerprint density at radius 2 is 1.90 bits per heavy atom. The molecule has 2 aromatic rings. The van der Waals surface area contributed by atoms with E-state index in [4.69, 9.17) is 4.42 Å². The normalized spacial score (nSPS) is 19.7. The second kappa shape index (κ2) is 8.87. The second-order valence-electron chi connectivity index (χ2n) is 7.95. The molecule has 160 valence electrons. The third-order valence-corrected chi connectivity index (χ3v) is 5.91. The lowest BCUT2D eigenvalue weighted by atomic mass is 10.0. The summed E-state index contributed by atoms with van der Waals surface area (Å²) in [7, 11) is 0. The molecule has 1 aromatic heterocycles. The number of nitrogens with one attached hydrogen (secondary N) is 2. The lowest BCUT2D eigenvalue weighted by Crippen LogP contribution is -2.50. The molecule has 3 amide bonds. The van der Waals surface area contributed by atoms with Crippen molar-refractivity contribution in [2.24, 2.45) is 0 Å². The summed E-state index contributed by atoms with van der Waals surface area (Å²) in [5, 5.41) is 5.39. The van der Waals surface area contributed by atoms with Crippen LogP contribution in [0.4, 0.5) is 20.6 Å². The summed E-state index contributed by atoms with van der Waals surface area (Å²) in [6, 6.07) is 5.90. The van der Waals surface area contributed by atoms with E-state index in [2.05, 4.69) is 15.5 Å². The molecule has 2 fully saturated rings. The number of carbonyl (C=O) groups excluding carboxylic acids is 2. The highest BCUT2D eigenvalue weighted by molar-refractivity contribution is 6.05. The minimum atomic E-state index is -0.574. The van der Waals surface area contributed by atoms with Gasteiger partial charge in [-0.15, -0.1) is 0 Å². The van der Waals surface area contributed by atoms with Crippen LogP contribution in [0.2, 0.25) is 0 Å². The number of likely N-dealkylation sites (tertiary alicyclic amines) is 2. The first-order valence-corrected chi connectivity index (χ1v) is 10.5. The van der Waals surface area contributed by atoms with Gasteiger partial charge in [-0.1, -0.05) is 0 Å². The maximum atomic E-state index is 14.2. The van der Waals surface area contributed by atoms with Crippen LogP contribution in [0.1, 0.15) is 41.8 Å². The molecule has 30 heavy (non-hydrogen) atoms. The third kappa shape index (κ3) is 4.48. The van der Waals surface area contributed by atoms with E-state index in [0.717, 1.165) is 25.9 Å². The molecule has 0 saturated carbocycles. The number of urea groups is 1. The van der Waals surface area contributed by atoms with Gasteiger partial charge in [0.1, 0.15) is 11.6 Å². The van der Waals surface area contributed by atoms with E-state index in [1.807, 2.05) is 4.90 Å². The molecular formula is C22H27FN4O3. The van der Waals surface area contributed by atoms with E-state index in [1.54, 1.807) is 6.92 Å². The van der Waals surface area contributed by atoms with Crippen molar-refractivity contribution in [3.05, 3.63) is 47.7 Å². The second-order valence-corrected chi connectivity index (χ2v) is 7.95. The predicted octanol–water partition coefficient (Wildman–Crippen LogP) is 4.07. The summed E-state index contributed by atoms with van der Waals surface area (Å²) in [5.74, 6) is -0.585. The standard InChI is InChI=1S/C22H27FN4O3/c1-15-18(8-12-30-15)21(28)25-20-13-16(6-7-19(20)23)24-22(29)27-11-4-5-17(14-27)26-9-2-3-10-26/h6-8,12-13,17H,2-5,9-11,14H2,1H3,(H,24,29)(H,25,28). The Hall–Kier alpha value is -2.87. The van der Waals surface area contributed by atoms with Crippen LogP contribution >= 0.6 is 0 Å². The Kier molecular flexibility index (Phi) is 6.03. The van der Waals surface area contributed by atoms with E-state index in [1.165, 1.54) is 43.4 Å². The van der Waals surface area contributed by atoms with Crippen LogP contribution in [0.25, 0.3) is 0 Å². The number of amides is 3. The van der Waals surface area contributed by atoms with Crippen molar-refractivity contribution in [1.29, 1.82) is 0 Å². The first-order valence-electron chi connectivity index (χ1n) is 10.5. The number of anilines is 2. The molecule has 4 rings (SSSR count). The van der Waals surface area contributed by atoms with Crippen molar-refractivity contribution in [1.82, 2.24) is 9.80 Å². The van der Waals surface area contributed by atoms with E-state index < -0.39 is 11.7 Å². The minimum absolute atomic E-state index is 0.00647. The fraction of sp³-hybridized carbons (Fsp3) is 0.455. The molecular weight excluding hydrogens is 387 g/mol. The van der Waals surface area contributed by atoms with Gasteiger partial charge in [-0.25, -0.2) is 9.18 Å². The van der Waals surface area contributed by atoms with E-state index >= 15 is 0 Å². The number of benzene rings is 1. The number of nitrogens with zero attached hydrogens (tertiary/aromatic N) is 2. The quantitative estimate of drug-likeness (QED) is 0.791. The van der Waals surface area contributed by atoms with Crippen molar-refractivity contribution < 1.29 is 18.4 Å². The van der Waals surface area contributed by atoms with E-state index in [0.29, 0.717) is 36.1 Å². The highest BCUT2D eigenvalue weighted by atomic mass is 19.1. The molecule has 2 N–H and O–H groups in total. The monoisotopic (exact) mass is 414 g/mol. The Morgan fingerprint density at radius 1 is 1.10 bits per heavy atom. The summed E-state index contributed by atoms with van der Waals surface area (Å²) in [6.07, 6.45) is 5.95. The summed E-state index contributed by atoms with van der Waals surface area (Å²) in [6.45, 7) is 5.29. The number of aryl methyl sites for hydroxylation is 1. The molecule has 0 radical (unpaired) electrons. The van der Waals surface area contributed by atoms with Crippen LogP contribution in [0.3, 0.4) is 0 Å². The van der Waals surface area contributed by atoms with Crippen molar-refractivity contribution in [2.45, 2.75) is 38.6 Å². The molecule has 1 atom stereocenters. The van der Waals surface area contributed by atoms with Crippen molar-refractivity contribution in [2.75, 3.05) is 36.8 Å². The largest absolute Gasteiger partial charge is 0.469 e. The van der Waals surface area contributed by atoms with Gasteiger partial charge in [0.15, 0.2) is 0 Å². The average molecular weight is 414 g/mol. The van der Waals surface area contributed by atoms with Crippen LogP contribution in [0.5, 0.6) is 0 Å². The SMILES string of the molecule is Cc1occc1C(=O)Nc1cc(NC(=O)N2CCCC(N3CCCC3)C2)ccc1F. The van der Waals surface area contributed by atoms with Gasteiger partial charge in [-0.2, -0.15) is 0 Å². The number of furan rings is 1.